The number of nitrogens with zero attached hydrogens (tertiary/aromatic N) is 8. The lowest BCUT2D eigenvalue weighted by molar-refractivity contribution is 0.158. The molecule has 0 aliphatic carbocycles. The van der Waals surface area contributed by atoms with Crippen LogP contribution in [0.2, 0.25) is 0 Å². The van der Waals surface area contributed by atoms with Gasteiger partial charge in [0.25, 0.3) is 0 Å². The minimum atomic E-state index is -0.560. The molecule has 0 amide bonds. The van der Waals surface area contributed by atoms with Gasteiger partial charge >= 0.3 is 0 Å². The molecular formula is C33H33F2N9. The SMILES string of the molecule is Cc1cnc(Nc2ccc(-n3cccn3)cc2)nc1-c1cnn(C(CC#N)CC2CCN(Cc3ccc(F)cc3F)CC2)c1. The van der Waals surface area contributed by atoms with Crippen LogP contribution in [0, 0.1) is 35.8 Å². The Balaban J connectivity index is 1.09. The third kappa shape index (κ3) is 6.82. The number of rotatable bonds is 10. The number of piperidine rings is 1. The van der Waals surface area contributed by atoms with Crippen molar-refractivity contribution in [3.8, 4) is 23.0 Å². The second kappa shape index (κ2) is 13.1. The van der Waals surface area contributed by atoms with Crippen LogP contribution in [0.25, 0.3) is 16.9 Å². The molecule has 1 aliphatic rings. The smallest absolute Gasteiger partial charge is 0.227 e. The number of aromatic nitrogens is 6. The topological polar surface area (TPSA) is 100 Å². The van der Waals surface area contributed by atoms with Crippen LogP contribution in [0.4, 0.5) is 20.4 Å². The Morgan fingerprint density at radius 1 is 1.07 bits per heavy atom. The molecule has 1 N–H and O–H groups in total. The normalized spacial score (nSPS) is 14.8. The fourth-order valence-electron chi connectivity index (χ4n) is 5.75. The molecule has 0 bridgehead atoms. The Hall–Kier alpha value is -4.95. The largest absolute Gasteiger partial charge is 0.324 e. The maximum Gasteiger partial charge on any atom is 0.227 e. The molecule has 44 heavy (non-hydrogen) atoms. The molecule has 6 rings (SSSR count). The van der Waals surface area contributed by atoms with Gasteiger partial charge in [-0.05, 0) is 87.2 Å². The monoisotopic (exact) mass is 593 g/mol. The fraction of sp³-hybridized carbons (Fsp3) is 0.303. The Labute approximate surface area is 254 Å². The molecule has 1 saturated heterocycles. The Morgan fingerprint density at radius 2 is 1.89 bits per heavy atom. The molecule has 1 atom stereocenters. The van der Waals surface area contributed by atoms with Crippen molar-refractivity contribution in [1.82, 2.24) is 34.4 Å². The van der Waals surface area contributed by atoms with Crippen LogP contribution < -0.4 is 5.32 Å². The molecule has 0 spiro atoms. The first kappa shape index (κ1) is 29.1. The Bertz CT molecular complexity index is 1730. The van der Waals surface area contributed by atoms with Crippen molar-refractivity contribution in [2.24, 2.45) is 5.92 Å². The van der Waals surface area contributed by atoms with Gasteiger partial charge < -0.3 is 5.32 Å². The summed E-state index contributed by atoms with van der Waals surface area (Å²) in [4.78, 5) is 11.5. The van der Waals surface area contributed by atoms with E-state index in [1.807, 2.05) is 54.3 Å². The summed E-state index contributed by atoms with van der Waals surface area (Å²) >= 11 is 0. The third-order valence-electron chi connectivity index (χ3n) is 8.16. The fourth-order valence-corrected chi connectivity index (χ4v) is 5.75. The average molecular weight is 594 g/mol. The predicted molar refractivity (Wildman–Crippen MR) is 163 cm³/mol. The van der Waals surface area contributed by atoms with Gasteiger partial charge in [-0.3, -0.25) is 9.58 Å². The van der Waals surface area contributed by atoms with E-state index in [4.69, 9.17) is 4.98 Å². The van der Waals surface area contributed by atoms with Gasteiger partial charge in [-0.2, -0.15) is 15.5 Å². The lowest BCUT2D eigenvalue weighted by Gasteiger charge is -2.33. The molecule has 2 aromatic carbocycles. The summed E-state index contributed by atoms with van der Waals surface area (Å²) in [6.07, 6.45) is 12.3. The van der Waals surface area contributed by atoms with Crippen LogP contribution in [-0.4, -0.2) is 47.5 Å². The van der Waals surface area contributed by atoms with Crippen molar-refractivity contribution in [2.45, 2.75) is 45.2 Å². The molecular weight excluding hydrogens is 560 g/mol. The quantitative estimate of drug-likeness (QED) is 0.194. The highest BCUT2D eigenvalue weighted by Crippen LogP contribution is 2.31. The molecule has 224 valence electrons. The molecule has 0 saturated carbocycles. The number of halogens is 2. The first-order valence-electron chi connectivity index (χ1n) is 14.7. The van der Waals surface area contributed by atoms with Crippen molar-refractivity contribution in [3.63, 3.8) is 0 Å². The van der Waals surface area contributed by atoms with Crippen LogP contribution in [0.1, 0.15) is 42.9 Å². The summed E-state index contributed by atoms with van der Waals surface area (Å²) in [7, 11) is 0. The van der Waals surface area contributed by atoms with Gasteiger partial charge in [0.15, 0.2) is 0 Å². The van der Waals surface area contributed by atoms with Crippen LogP contribution in [-0.2, 0) is 6.54 Å². The average Bonchev–Trinajstić information content (AvgIpc) is 3.74. The first-order chi connectivity index (χ1) is 21.4. The maximum absolute atomic E-state index is 14.1. The summed E-state index contributed by atoms with van der Waals surface area (Å²) in [5.41, 5.74) is 4.88. The molecule has 5 aromatic rings. The van der Waals surface area contributed by atoms with E-state index >= 15 is 0 Å². The van der Waals surface area contributed by atoms with Gasteiger partial charge in [-0.1, -0.05) is 6.07 Å². The zero-order valence-corrected chi connectivity index (χ0v) is 24.4. The van der Waals surface area contributed by atoms with Gasteiger partial charge in [0, 0.05) is 54.2 Å². The van der Waals surface area contributed by atoms with E-state index in [9.17, 15) is 14.0 Å². The van der Waals surface area contributed by atoms with Crippen LogP contribution >= 0.6 is 0 Å². The molecule has 4 heterocycles. The predicted octanol–water partition coefficient (Wildman–Crippen LogP) is 6.61. The van der Waals surface area contributed by atoms with E-state index in [0.717, 1.165) is 66.6 Å². The molecule has 11 heteroatoms. The number of nitriles is 1. The second-order valence-electron chi connectivity index (χ2n) is 11.3. The molecule has 9 nitrogen and oxygen atoms in total. The van der Waals surface area contributed by atoms with Crippen molar-refractivity contribution in [2.75, 3.05) is 18.4 Å². The number of hydrogen-bond acceptors (Lipinski definition) is 7. The molecule has 3 aromatic heterocycles. The van der Waals surface area contributed by atoms with Gasteiger partial charge in [0.1, 0.15) is 11.6 Å². The minimum absolute atomic E-state index is 0.0621. The van der Waals surface area contributed by atoms with E-state index in [0.29, 0.717) is 30.4 Å². The van der Waals surface area contributed by atoms with Crippen molar-refractivity contribution in [1.29, 1.82) is 5.26 Å². The van der Waals surface area contributed by atoms with Crippen LogP contribution in [0.3, 0.4) is 0 Å². The number of benzene rings is 2. The summed E-state index contributed by atoms with van der Waals surface area (Å²) in [6.45, 7) is 4.09. The highest BCUT2D eigenvalue weighted by Gasteiger charge is 2.25. The lowest BCUT2D eigenvalue weighted by atomic mass is 9.89. The van der Waals surface area contributed by atoms with Crippen LogP contribution in [0.15, 0.2) is 79.5 Å². The Morgan fingerprint density at radius 3 is 2.61 bits per heavy atom. The van der Waals surface area contributed by atoms with E-state index in [1.54, 1.807) is 23.3 Å². The summed E-state index contributed by atoms with van der Waals surface area (Å²) in [5.74, 6) is -0.162. The zero-order valence-electron chi connectivity index (χ0n) is 24.4. The molecule has 1 fully saturated rings. The van der Waals surface area contributed by atoms with Gasteiger partial charge in [-0.25, -0.2) is 23.4 Å². The summed E-state index contributed by atoms with van der Waals surface area (Å²) < 4.78 is 31.1. The summed E-state index contributed by atoms with van der Waals surface area (Å²) in [6, 6.07) is 15.8. The second-order valence-corrected chi connectivity index (χ2v) is 11.3. The van der Waals surface area contributed by atoms with E-state index < -0.39 is 11.6 Å². The van der Waals surface area contributed by atoms with Gasteiger partial charge in [0.05, 0.1) is 36.1 Å². The van der Waals surface area contributed by atoms with E-state index in [2.05, 4.69) is 31.5 Å². The number of likely N-dealkylation sites (tertiary alicyclic amines) is 1. The molecule has 1 aliphatic heterocycles. The van der Waals surface area contributed by atoms with E-state index in [1.165, 1.54) is 12.1 Å². The lowest BCUT2D eigenvalue weighted by Crippen LogP contribution is -2.34. The van der Waals surface area contributed by atoms with Gasteiger partial charge in [0.2, 0.25) is 5.95 Å². The van der Waals surface area contributed by atoms with Crippen LogP contribution in [0.5, 0.6) is 0 Å². The number of aryl methyl sites for hydroxylation is 1. The third-order valence-corrected chi connectivity index (χ3v) is 8.16. The number of nitrogens with one attached hydrogen (secondary N) is 1. The number of anilines is 2. The standard InChI is InChI=1S/C33H33F2N9/c1-23-19-37-33(40-28-5-7-29(8-6-28)43-14-2-13-38-43)41-32(23)26-20-39-44(22-26)30(9-12-36)17-24-10-15-42(16-11-24)21-25-3-4-27(34)18-31(25)35/h2-8,13-14,18-20,22,24,30H,9-11,15-17,21H2,1H3,(H,37,40,41). The molecule has 0 radical (unpaired) electrons. The van der Waals surface area contributed by atoms with Crippen molar-refractivity contribution in [3.05, 3.63) is 102 Å². The summed E-state index contributed by atoms with van der Waals surface area (Å²) in [5, 5.41) is 21.8. The van der Waals surface area contributed by atoms with Crippen molar-refractivity contribution < 1.29 is 8.78 Å². The first-order valence-corrected chi connectivity index (χ1v) is 14.7. The van der Waals surface area contributed by atoms with E-state index in [-0.39, 0.29) is 6.04 Å². The number of hydrogen-bond donors (Lipinski definition) is 1. The minimum Gasteiger partial charge on any atom is -0.324 e. The van der Waals surface area contributed by atoms with Crippen molar-refractivity contribution >= 4 is 11.6 Å². The molecule has 1 unspecified atom stereocenters. The maximum atomic E-state index is 14.1. The zero-order chi connectivity index (χ0) is 30.5. The highest BCUT2D eigenvalue weighted by molar-refractivity contribution is 5.64. The highest BCUT2D eigenvalue weighted by atomic mass is 19.1. The Kier molecular flexibility index (Phi) is 8.70. The van der Waals surface area contributed by atoms with Gasteiger partial charge in [-0.15, -0.1) is 0 Å².